The molecular weight excluding hydrogens is 356 g/mol. The van der Waals surface area contributed by atoms with Crippen molar-refractivity contribution in [1.29, 1.82) is 0 Å². The Bertz CT molecular complexity index is 397. The number of allylic oxidation sites excluding steroid dienone is 2. The van der Waals surface area contributed by atoms with Crippen molar-refractivity contribution in [3.05, 3.63) is 12.2 Å². The van der Waals surface area contributed by atoms with E-state index in [1.165, 1.54) is 83.5 Å². The zero-order valence-corrected chi connectivity index (χ0v) is 20.6. The molecule has 0 spiro atoms. The lowest BCUT2D eigenvalue weighted by molar-refractivity contribution is -0.158. The van der Waals surface area contributed by atoms with Crippen molar-refractivity contribution in [2.24, 2.45) is 5.92 Å². The monoisotopic (exact) mass is 408 g/mol. The highest BCUT2D eigenvalue weighted by molar-refractivity contribution is 5.69. The van der Waals surface area contributed by atoms with Crippen LogP contribution >= 0.6 is 0 Å². The highest BCUT2D eigenvalue weighted by Crippen LogP contribution is 2.24. The fourth-order valence-corrected chi connectivity index (χ4v) is 4.17. The summed E-state index contributed by atoms with van der Waals surface area (Å²) < 4.78 is 5.73. The van der Waals surface area contributed by atoms with Crippen molar-refractivity contribution in [2.75, 3.05) is 0 Å². The molecule has 2 nitrogen and oxygen atoms in total. The lowest BCUT2D eigenvalue weighted by Gasteiger charge is -2.28. The number of carbonyl (C=O) groups excluding carboxylic acids is 1. The molecule has 0 saturated heterocycles. The molecule has 0 heterocycles. The van der Waals surface area contributed by atoms with Crippen LogP contribution in [-0.4, -0.2) is 11.6 Å². The highest BCUT2D eigenvalue weighted by Gasteiger charge is 2.24. The lowest BCUT2D eigenvalue weighted by Crippen LogP contribution is -2.30. The molecule has 0 aromatic rings. The number of esters is 1. The van der Waals surface area contributed by atoms with Crippen LogP contribution in [0, 0.1) is 5.92 Å². The first kappa shape index (κ1) is 28.2. The molecule has 172 valence electrons. The van der Waals surface area contributed by atoms with E-state index in [2.05, 4.69) is 46.8 Å². The molecule has 0 radical (unpaired) electrons. The number of unbranched alkanes of at least 4 members (excludes halogenated alkanes) is 11. The Hall–Kier alpha value is -0.790. The van der Waals surface area contributed by atoms with Crippen LogP contribution in [0.1, 0.15) is 144 Å². The standard InChI is InChI=1S/C27H52O2/c1-6-8-9-10-11-12-13-14-15-16-17-18-19-20-21-23-26(28)29-27(4,5)24-25(3)22-7-2/h14-15,25H,6-13,16-24H2,1-5H3/b15-14-. The van der Waals surface area contributed by atoms with Gasteiger partial charge in [-0.05, 0) is 58.3 Å². The summed E-state index contributed by atoms with van der Waals surface area (Å²) in [6.07, 6.45) is 25.3. The average Bonchev–Trinajstić information content (AvgIpc) is 2.64. The van der Waals surface area contributed by atoms with Gasteiger partial charge in [0.15, 0.2) is 0 Å². The second kappa shape index (κ2) is 19.2. The van der Waals surface area contributed by atoms with E-state index in [1.54, 1.807) is 0 Å². The summed E-state index contributed by atoms with van der Waals surface area (Å²) in [5.41, 5.74) is -0.326. The van der Waals surface area contributed by atoms with Gasteiger partial charge in [0.1, 0.15) is 5.60 Å². The molecule has 0 aromatic carbocycles. The molecule has 0 amide bonds. The quantitative estimate of drug-likeness (QED) is 0.114. The van der Waals surface area contributed by atoms with Crippen LogP contribution in [0.25, 0.3) is 0 Å². The Morgan fingerprint density at radius 3 is 1.86 bits per heavy atom. The minimum atomic E-state index is -0.326. The van der Waals surface area contributed by atoms with Gasteiger partial charge in [0, 0.05) is 6.42 Å². The molecular formula is C27H52O2. The normalized spacial score (nSPS) is 13.1. The SMILES string of the molecule is CCCCCCCC/C=C\CCCCCCCC(=O)OC(C)(C)CC(C)CCC. The number of carbonyl (C=O) groups is 1. The third-order valence-corrected chi connectivity index (χ3v) is 5.65. The first-order valence-corrected chi connectivity index (χ1v) is 12.8. The summed E-state index contributed by atoms with van der Waals surface area (Å²) in [6.45, 7) is 10.8. The first-order chi connectivity index (χ1) is 13.9. The second-order valence-electron chi connectivity index (χ2n) is 9.67. The lowest BCUT2D eigenvalue weighted by atomic mass is 9.91. The van der Waals surface area contributed by atoms with E-state index in [1.807, 2.05) is 0 Å². The Labute approximate surface area is 183 Å². The molecule has 0 aliphatic rings. The molecule has 0 bridgehead atoms. The van der Waals surface area contributed by atoms with Crippen molar-refractivity contribution < 1.29 is 9.53 Å². The third kappa shape index (κ3) is 20.3. The van der Waals surface area contributed by atoms with E-state index in [9.17, 15) is 4.79 Å². The van der Waals surface area contributed by atoms with Gasteiger partial charge in [-0.3, -0.25) is 4.79 Å². The van der Waals surface area contributed by atoms with E-state index in [0.717, 1.165) is 19.3 Å². The molecule has 1 unspecified atom stereocenters. The van der Waals surface area contributed by atoms with Gasteiger partial charge in [-0.1, -0.05) is 97.1 Å². The Morgan fingerprint density at radius 2 is 1.31 bits per heavy atom. The largest absolute Gasteiger partial charge is 0.460 e. The first-order valence-electron chi connectivity index (χ1n) is 12.8. The molecule has 0 saturated carbocycles. The van der Waals surface area contributed by atoms with Gasteiger partial charge >= 0.3 is 5.97 Å². The fraction of sp³-hybridized carbons (Fsp3) is 0.889. The summed E-state index contributed by atoms with van der Waals surface area (Å²) in [5, 5.41) is 0. The zero-order chi connectivity index (χ0) is 21.8. The molecule has 0 fully saturated rings. The number of hydrogen-bond acceptors (Lipinski definition) is 2. The fourth-order valence-electron chi connectivity index (χ4n) is 4.17. The highest BCUT2D eigenvalue weighted by atomic mass is 16.6. The molecule has 0 N–H and O–H groups in total. The maximum absolute atomic E-state index is 12.1. The van der Waals surface area contributed by atoms with Gasteiger partial charge < -0.3 is 4.74 Å². The summed E-state index contributed by atoms with van der Waals surface area (Å²) in [7, 11) is 0. The Morgan fingerprint density at radius 1 is 0.793 bits per heavy atom. The van der Waals surface area contributed by atoms with Gasteiger partial charge in [-0.25, -0.2) is 0 Å². The van der Waals surface area contributed by atoms with Crippen LogP contribution in [0.15, 0.2) is 12.2 Å². The smallest absolute Gasteiger partial charge is 0.306 e. The second-order valence-corrected chi connectivity index (χ2v) is 9.67. The van der Waals surface area contributed by atoms with Crippen molar-refractivity contribution in [3.63, 3.8) is 0 Å². The van der Waals surface area contributed by atoms with Gasteiger partial charge in [0.05, 0.1) is 0 Å². The molecule has 0 rings (SSSR count). The molecule has 1 atom stereocenters. The summed E-state index contributed by atoms with van der Waals surface area (Å²) in [6, 6.07) is 0. The predicted octanol–water partition coefficient (Wildman–Crippen LogP) is 9.17. The summed E-state index contributed by atoms with van der Waals surface area (Å²) in [4.78, 5) is 12.1. The predicted molar refractivity (Wildman–Crippen MR) is 128 cm³/mol. The molecule has 2 heteroatoms. The Kier molecular flexibility index (Phi) is 18.7. The van der Waals surface area contributed by atoms with Gasteiger partial charge in [-0.15, -0.1) is 0 Å². The van der Waals surface area contributed by atoms with E-state index in [0.29, 0.717) is 12.3 Å². The minimum absolute atomic E-state index is 0.0173. The molecule has 0 aliphatic carbocycles. The van der Waals surface area contributed by atoms with Gasteiger partial charge in [0.25, 0.3) is 0 Å². The minimum Gasteiger partial charge on any atom is -0.460 e. The average molecular weight is 409 g/mol. The van der Waals surface area contributed by atoms with Crippen LogP contribution in [0.5, 0.6) is 0 Å². The van der Waals surface area contributed by atoms with Crippen molar-refractivity contribution in [3.8, 4) is 0 Å². The van der Waals surface area contributed by atoms with E-state index in [-0.39, 0.29) is 11.6 Å². The number of rotatable bonds is 20. The molecule has 0 aromatic heterocycles. The van der Waals surface area contributed by atoms with E-state index < -0.39 is 0 Å². The number of hydrogen-bond donors (Lipinski definition) is 0. The van der Waals surface area contributed by atoms with E-state index >= 15 is 0 Å². The van der Waals surface area contributed by atoms with Crippen molar-refractivity contribution >= 4 is 5.97 Å². The van der Waals surface area contributed by atoms with Crippen LogP contribution in [0.3, 0.4) is 0 Å². The van der Waals surface area contributed by atoms with Crippen molar-refractivity contribution in [2.45, 2.75) is 149 Å². The molecule has 29 heavy (non-hydrogen) atoms. The molecule has 0 aliphatic heterocycles. The van der Waals surface area contributed by atoms with Gasteiger partial charge in [0.2, 0.25) is 0 Å². The van der Waals surface area contributed by atoms with Crippen LogP contribution in [0.2, 0.25) is 0 Å². The van der Waals surface area contributed by atoms with Crippen molar-refractivity contribution in [1.82, 2.24) is 0 Å². The maximum atomic E-state index is 12.1. The summed E-state index contributed by atoms with van der Waals surface area (Å²) in [5.74, 6) is 0.596. The van der Waals surface area contributed by atoms with E-state index in [4.69, 9.17) is 4.74 Å². The third-order valence-electron chi connectivity index (χ3n) is 5.65. The van der Waals surface area contributed by atoms with Gasteiger partial charge in [-0.2, -0.15) is 0 Å². The maximum Gasteiger partial charge on any atom is 0.306 e. The van der Waals surface area contributed by atoms with Crippen LogP contribution in [0.4, 0.5) is 0 Å². The van der Waals surface area contributed by atoms with Crippen LogP contribution < -0.4 is 0 Å². The Balaban J connectivity index is 3.51. The summed E-state index contributed by atoms with van der Waals surface area (Å²) >= 11 is 0. The van der Waals surface area contributed by atoms with Crippen LogP contribution in [-0.2, 0) is 9.53 Å². The number of ether oxygens (including phenoxy) is 1. The zero-order valence-electron chi connectivity index (χ0n) is 20.6. The topological polar surface area (TPSA) is 26.3 Å².